The van der Waals surface area contributed by atoms with Crippen molar-refractivity contribution in [2.45, 2.75) is 13.5 Å². The summed E-state index contributed by atoms with van der Waals surface area (Å²) in [7, 11) is 1.53. The van der Waals surface area contributed by atoms with Crippen LogP contribution in [0.5, 0.6) is 11.5 Å². The number of nitriles is 1. The van der Waals surface area contributed by atoms with Crippen LogP contribution in [0.15, 0.2) is 48.3 Å². The molecule has 2 rings (SSSR count). The van der Waals surface area contributed by atoms with E-state index < -0.39 is 5.97 Å². The topological polar surface area (TPSA) is 81.4 Å². The molecule has 2 aromatic rings. The molecule has 0 fully saturated rings. The Kier molecular flexibility index (Phi) is 6.55. The summed E-state index contributed by atoms with van der Waals surface area (Å²) in [5.41, 5.74) is 1.54. The van der Waals surface area contributed by atoms with Gasteiger partial charge in [-0.25, -0.2) is 4.79 Å². The summed E-state index contributed by atoms with van der Waals surface area (Å²) in [5, 5.41) is 9.10. The lowest BCUT2D eigenvalue weighted by Crippen LogP contribution is -2.06. The molecule has 0 bridgehead atoms. The molecule has 0 aliphatic heterocycles. The molecule has 128 valence electrons. The molecule has 0 N–H and O–H groups in total. The number of carbonyl (C=O) groups excluding carboxylic acids is 1. The number of ether oxygens (including phenoxy) is 3. The third-order valence-electron chi connectivity index (χ3n) is 3.26. The summed E-state index contributed by atoms with van der Waals surface area (Å²) in [6.07, 6.45) is 4.85. The second-order valence-corrected chi connectivity index (χ2v) is 4.94. The molecule has 25 heavy (non-hydrogen) atoms. The number of benzene rings is 1. The van der Waals surface area contributed by atoms with Gasteiger partial charge in [-0.15, -0.1) is 0 Å². The minimum absolute atomic E-state index is 0.0747. The zero-order chi connectivity index (χ0) is 18.1. The van der Waals surface area contributed by atoms with Crippen molar-refractivity contribution >= 4 is 12.0 Å². The Balaban J connectivity index is 2.18. The lowest BCUT2D eigenvalue weighted by Gasteiger charge is -2.11. The number of methoxy groups -OCH3 is 1. The highest BCUT2D eigenvalue weighted by molar-refractivity contribution is 5.97. The second kappa shape index (κ2) is 9.08. The van der Waals surface area contributed by atoms with E-state index in [4.69, 9.17) is 19.5 Å². The smallest absolute Gasteiger partial charge is 0.348 e. The number of esters is 1. The number of carbonyl (C=O) groups is 1. The largest absolute Gasteiger partial charge is 0.493 e. The van der Waals surface area contributed by atoms with Crippen LogP contribution in [0.4, 0.5) is 0 Å². The highest BCUT2D eigenvalue weighted by Crippen LogP contribution is 2.29. The Morgan fingerprint density at radius 3 is 2.64 bits per heavy atom. The number of nitrogens with zero attached hydrogens (tertiary/aromatic N) is 2. The Labute approximate surface area is 146 Å². The fourth-order valence-corrected chi connectivity index (χ4v) is 2.05. The zero-order valence-electron chi connectivity index (χ0n) is 14.1. The predicted molar refractivity (Wildman–Crippen MR) is 91.8 cm³/mol. The average molecular weight is 338 g/mol. The van der Waals surface area contributed by atoms with Crippen molar-refractivity contribution in [1.82, 2.24) is 4.98 Å². The lowest BCUT2D eigenvalue weighted by atomic mass is 10.1. The molecule has 0 aliphatic rings. The minimum atomic E-state index is -0.651. The van der Waals surface area contributed by atoms with Crippen LogP contribution in [0.3, 0.4) is 0 Å². The number of rotatable bonds is 7. The summed E-state index contributed by atoms with van der Waals surface area (Å²) < 4.78 is 15.9. The summed E-state index contributed by atoms with van der Waals surface area (Å²) in [5.74, 6) is 0.414. The van der Waals surface area contributed by atoms with Crippen LogP contribution in [-0.4, -0.2) is 24.7 Å². The molecule has 1 heterocycles. The van der Waals surface area contributed by atoms with Crippen molar-refractivity contribution in [3.8, 4) is 17.6 Å². The Morgan fingerprint density at radius 1 is 1.24 bits per heavy atom. The molecule has 1 aromatic heterocycles. The van der Waals surface area contributed by atoms with E-state index in [1.807, 2.05) is 18.2 Å². The molecule has 6 heteroatoms. The van der Waals surface area contributed by atoms with Crippen molar-refractivity contribution < 1.29 is 19.0 Å². The molecule has 0 unspecified atom stereocenters. The van der Waals surface area contributed by atoms with Crippen molar-refractivity contribution in [2.75, 3.05) is 13.7 Å². The summed E-state index contributed by atoms with van der Waals surface area (Å²) in [4.78, 5) is 15.6. The standard InChI is InChI=1S/C19H18N2O4/c1-3-24-19(22)16(12-20)10-15-4-5-17(18(11-15)23-2)25-13-14-6-8-21-9-7-14/h4-11H,3,13H2,1-2H3. The summed E-state index contributed by atoms with van der Waals surface area (Å²) >= 11 is 0. The van der Waals surface area contributed by atoms with Crippen LogP contribution in [0.1, 0.15) is 18.1 Å². The molecule has 0 radical (unpaired) electrons. The molecule has 0 aliphatic carbocycles. The maximum absolute atomic E-state index is 11.7. The maximum atomic E-state index is 11.7. The fourth-order valence-electron chi connectivity index (χ4n) is 2.05. The number of hydrogen-bond donors (Lipinski definition) is 0. The first-order chi connectivity index (χ1) is 12.2. The van der Waals surface area contributed by atoms with E-state index in [0.717, 1.165) is 5.56 Å². The van der Waals surface area contributed by atoms with Gasteiger partial charge in [-0.05, 0) is 48.4 Å². The first kappa shape index (κ1) is 18.0. The maximum Gasteiger partial charge on any atom is 0.348 e. The normalized spacial score (nSPS) is 10.7. The van der Waals surface area contributed by atoms with Gasteiger partial charge >= 0.3 is 5.97 Å². The van der Waals surface area contributed by atoms with Crippen molar-refractivity contribution in [3.63, 3.8) is 0 Å². The predicted octanol–water partition coefficient (Wildman–Crippen LogP) is 3.14. The summed E-state index contributed by atoms with van der Waals surface area (Å²) in [6, 6.07) is 10.7. The van der Waals surface area contributed by atoms with Crippen LogP contribution >= 0.6 is 0 Å². The van der Waals surface area contributed by atoms with E-state index in [1.54, 1.807) is 37.5 Å². The Bertz CT molecular complexity index is 795. The van der Waals surface area contributed by atoms with E-state index in [9.17, 15) is 4.79 Å². The molecule has 0 saturated heterocycles. The van der Waals surface area contributed by atoms with E-state index in [0.29, 0.717) is 23.7 Å². The number of aromatic nitrogens is 1. The van der Waals surface area contributed by atoms with Gasteiger partial charge in [0.05, 0.1) is 13.7 Å². The van der Waals surface area contributed by atoms with Crippen LogP contribution in [0.25, 0.3) is 6.08 Å². The van der Waals surface area contributed by atoms with E-state index >= 15 is 0 Å². The van der Waals surface area contributed by atoms with Gasteiger partial charge in [0.15, 0.2) is 11.5 Å². The van der Waals surface area contributed by atoms with Crippen LogP contribution in [0, 0.1) is 11.3 Å². The Morgan fingerprint density at radius 2 is 2.00 bits per heavy atom. The first-order valence-electron chi connectivity index (χ1n) is 7.66. The van der Waals surface area contributed by atoms with Crippen molar-refractivity contribution in [3.05, 3.63) is 59.4 Å². The van der Waals surface area contributed by atoms with Gasteiger partial charge in [-0.2, -0.15) is 5.26 Å². The quantitative estimate of drug-likeness (QED) is 0.438. The van der Waals surface area contributed by atoms with Crippen LogP contribution < -0.4 is 9.47 Å². The highest BCUT2D eigenvalue weighted by Gasteiger charge is 2.11. The second-order valence-electron chi connectivity index (χ2n) is 4.94. The molecule has 0 amide bonds. The fraction of sp³-hybridized carbons (Fsp3) is 0.211. The van der Waals surface area contributed by atoms with E-state index in [2.05, 4.69) is 4.98 Å². The number of hydrogen-bond acceptors (Lipinski definition) is 6. The SMILES string of the molecule is CCOC(=O)C(C#N)=Cc1ccc(OCc2ccncc2)c(OC)c1. The van der Waals surface area contributed by atoms with E-state index in [-0.39, 0.29) is 12.2 Å². The van der Waals surface area contributed by atoms with Crippen molar-refractivity contribution in [2.24, 2.45) is 0 Å². The van der Waals surface area contributed by atoms with Crippen LogP contribution in [-0.2, 0) is 16.1 Å². The first-order valence-corrected chi connectivity index (χ1v) is 7.66. The van der Waals surface area contributed by atoms with Gasteiger partial charge in [0.1, 0.15) is 18.2 Å². The molecular formula is C19H18N2O4. The molecule has 0 atom stereocenters. The average Bonchev–Trinajstić information content (AvgIpc) is 2.65. The zero-order valence-corrected chi connectivity index (χ0v) is 14.1. The minimum Gasteiger partial charge on any atom is -0.493 e. The van der Waals surface area contributed by atoms with Gasteiger partial charge in [0, 0.05) is 12.4 Å². The van der Waals surface area contributed by atoms with Gasteiger partial charge in [-0.3, -0.25) is 4.98 Å². The number of pyridine rings is 1. The van der Waals surface area contributed by atoms with Gasteiger partial charge < -0.3 is 14.2 Å². The van der Waals surface area contributed by atoms with Gasteiger partial charge in [0.25, 0.3) is 0 Å². The molecule has 0 saturated carbocycles. The molecule has 6 nitrogen and oxygen atoms in total. The molecular weight excluding hydrogens is 320 g/mol. The van der Waals surface area contributed by atoms with Gasteiger partial charge in [-0.1, -0.05) is 6.07 Å². The lowest BCUT2D eigenvalue weighted by molar-refractivity contribution is -0.137. The molecule has 0 spiro atoms. The van der Waals surface area contributed by atoms with Crippen LogP contribution in [0.2, 0.25) is 0 Å². The third-order valence-corrected chi connectivity index (χ3v) is 3.26. The Hall–Kier alpha value is -3.33. The van der Waals surface area contributed by atoms with Crippen molar-refractivity contribution in [1.29, 1.82) is 5.26 Å². The van der Waals surface area contributed by atoms with E-state index in [1.165, 1.54) is 13.2 Å². The summed E-state index contributed by atoms with van der Waals surface area (Å²) in [6.45, 7) is 2.27. The molecule has 1 aromatic carbocycles. The highest BCUT2D eigenvalue weighted by atomic mass is 16.5. The van der Waals surface area contributed by atoms with Gasteiger partial charge in [0.2, 0.25) is 0 Å². The third kappa shape index (κ3) is 5.08. The monoisotopic (exact) mass is 338 g/mol.